The average molecular weight is 335 g/mol. The molecule has 0 spiro atoms. The van der Waals surface area contributed by atoms with Crippen molar-refractivity contribution in [1.82, 2.24) is 0 Å². The second-order valence-electron chi connectivity index (χ2n) is 5.23. The molecule has 0 saturated heterocycles. The highest BCUT2D eigenvalue weighted by Gasteiger charge is 2.30. The first kappa shape index (κ1) is 16.2. The Bertz CT molecular complexity index is 649. The Kier molecular flexibility index (Phi) is 4.88. The van der Waals surface area contributed by atoms with E-state index in [1.807, 2.05) is 0 Å². The van der Waals surface area contributed by atoms with Gasteiger partial charge in [-0.2, -0.15) is 0 Å². The molecule has 2 rings (SSSR count). The third-order valence-corrected chi connectivity index (χ3v) is 6.43. The number of carboxylic acids is 1. The molecule has 1 N–H and O–H groups in total. The third kappa shape index (κ3) is 3.37. The summed E-state index contributed by atoms with van der Waals surface area (Å²) in [4.78, 5) is 10.7. The molecule has 0 atom stereocenters. The van der Waals surface area contributed by atoms with Crippen LogP contribution in [0.15, 0.2) is 17.0 Å². The lowest BCUT2D eigenvalue weighted by atomic mass is 10.2. The van der Waals surface area contributed by atoms with Crippen LogP contribution in [0.1, 0.15) is 48.9 Å². The van der Waals surface area contributed by atoms with Gasteiger partial charge in [0.15, 0.2) is 9.84 Å². The van der Waals surface area contributed by atoms with E-state index in [1.165, 1.54) is 0 Å². The lowest BCUT2D eigenvalue weighted by molar-refractivity contribution is 0.0696. The average Bonchev–Trinajstić information content (AvgIpc) is 2.70. The zero-order valence-electron chi connectivity index (χ0n) is 11.3. The highest BCUT2D eigenvalue weighted by Crippen LogP contribution is 2.31. The molecule has 1 aromatic rings. The largest absolute Gasteiger partial charge is 0.478 e. The summed E-state index contributed by atoms with van der Waals surface area (Å²) in [6.07, 6.45) is 4.64. The van der Waals surface area contributed by atoms with Gasteiger partial charge in [0.1, 0.15) is 5.82 Å². The van der Waals surface area contributed by atoms with Gasteiger partial charge in [-0.15, -0.1) is 0 Å². The summed E-state index contributed by atoms with van der Waals surface area (Å²) < 4.78 is 38.9. The van der Waals surface area contributed by atoms with Gasteiger partial charge in [0.05, 0.1) is 20.7 Å². The monoisotopic (exact) mass is 334 g/mol. The Morgan fingerprint density at radius 3 is 2.29 bits per heavy atom. The van der Waals surface area contributed by atoms with Gasteiger partial charge in [0, 0.05) is 0 Å². The predicted octanol–water partition coefficient (Wildman–Crippen LogP) is 3.67. The number of carboxylic acid groups (broad SMARTS) is 1. The zero-order valence-corrected chi connectivity index (χ0v) is 12.9. The molecule has 0 aromatic heterocycles. The molecule has 1 fully saturated rings. The summed E-state index contributed by atoms with van der Waals surface area (Å²) in [6, 6.07) is 1.77. The molecule has 0 unspecified atom stereocenters. The number of sulfone groups is 1. The molecule has 1 aliphatic rings. The number of aromatic carboxylic acids is 1. The Morgan fingerprint density at radius 1 is 1.19 bits per heavy atom. The Morgan fingerprint density at radius 2 is 1.76 bits per heavy atom. The smallest absolute Gasteiger partial charge is 0.337 e. The van der Waals surface area contributed by atoms with Crippen LogP contribution in [0.4, 0.5) is 4.39 Å². The first-order chi connectivity index (χ1) is 9.84. The highest BCUT2D eigenvalue weighted by molar-refractivity contribution is 7.92. The maximum absolute atomic E-state index is 13.7. The van der Waals surface area contributed by atoms with E-state index < -0.39 is 37.5 Å². The van der Waals surface area contributed by atoms with Crippen LogP contribution in [-0.2, 0) is 9.84 Å². The second-order valence-corrected chi connectivity index (χ2v) is 7.84. The van der Waals surface area contributed by atoms with E-state index in [0.717, 1.165) is 37.8 Å². The molecular weight excluding hydrogens is 319 g/mol. The number of rotatable bonds is 3. The van der Waals surface area contributed by atoms with Crippen molar-refractivity contribution >= 4 is 27.4 Å². The Labute approximate surface area is 127 Å². The Hall–Kier alpha value is -1.14. The molecular formula is C14H16ClFO4S. The first-order valence-corrected chi connectivity index (χ1v) is 8.72. The normalized spacial score (nSPS) is 17.4. The van der Waals surface area contributed by atoms with Crippen molar-refractivity contribution in [2.45, 2.75) is 48.7 Å². The van der Waals surface area contributed by atoms with Crippen molar-refractivity contribution in [3.05, 3.63) is 28.5 Å². The molecule has 0 heterocycles. The van der Waals surface area contributed by atoms with E-state index in [0.29, 0.717) is 12.8 Å². The zero-order chi connectivity index (χ0) is 15.6. The first-order valence-electron chi connectivity index (χ1n) is 6.80. The van der Waals surface area contributed by atoms with Crippen LogP contribution >= 0.6 is 11.6 Å². The van der Waals surface area contributed by atoms with Gasteiger partial charge < -0.3 is 5.11 Å². The van der Waals surface area contributed by atoms with Crippen molar-refractivity contribution in [2.24, 2.45) is 0 Å². The number of hydrogen-bond donors (Lipinski definition) is 1. The van der Waals surface area contributed by atoms with Crippen LogP contribution < -0.4 is 0 Å². The lowest BCUT2D eigenvalue weighted by Gasteiger charge is -2.16. The molecule has 0 amide bonds. The van der Waals surface area contributed by atoms with Crippen LogP contribution in [-0.4, -0.2) is 24.7 Å². The van der Waals surface area contributed by atoms with Crippen molar-refractivity contribution in [3.8, 4) is 0 Å². The summed E-state index contributed by atoms with van der Waals surface area (Å²) in [5.41, 5.74) is -0.524. The summed E-state index contributed by atoms with van der Waals surface area (Å²) in [7, 11) is -3.74. The maximum Gasteiger partial charge on any atom is 0.337 e. The summed E-state index contributed by atoms with van der Waals surface area (Å²) in [6.45, 7) is 0. The summed E-state index contributed by atoms with van der Waals surface area (Å²) in [5, 5.41) is 7.84. The third-order valence-electron chi connectivity index (χ3n) is 3.80. The van der Waals surface area contributed by atoms with Crippen molar-refractivity contribution < 1.29 is 22.7 Å². The van der Waals surface area contributed by atoms with E-state index in [-0.39, 0.29) is 4.90 Å². The quantitative estimate of drug-likeness (QED) is 0.856. The van der Waals surface area contributed by atoms with Crippen LogP contribution in [0, 0.1) is 5.82 Å². The number of benzene rings is 1. The molecule has 0 radical (unpaired) electrons. The minimum Gasteiger partial charge on any atom is -0.478 e. The molecule has 4 nitrogen and oxygen atoms in total. The fraction of sp³-hybridized carbons (Fsp3) is 0.500. The van der Waals surface area contributed by atoms with E-state index in [9.17, 15) is 17.6 Å². The minimum absolute atomic E-state index is 0.297. The van der Waals surface area contributed by atoms with Crippen LogP contribution in [0.5, 0.6) is 0 Å². The van der Waals surface area contributed by atoms with Gasteiger partial charge in [0.2, 0.25) is 0 Å². The number of carbonyl (C=O) groups is 1. The predicted molar refractivity (Wildman–Crippen MR) is 77.0 cm³/mol. The number of hydrogen-bond acceptors (Lipinski definition) is 3. The van der Waals surface area contributed by atoms with Gasteiger partial charge in [-0.05, 0) is 25.0 Å². The molecule has 1 saturated carbocycles. The Balaban J connectivity index is 2.46. The topological polar surface area (TPSA) is 71.4 Å². The molecule has 21 heavy (non-hydrogen) atoms. The van der Waals surface area contributed by atoms with E-state index in [2.05, 4.69) is 0 Å². The summed E-state index contributed by atoms with van der Waals surface area (Å²) >= 11 is 5.57. The molecule has 1 aromatic carbocycles. The van der Waals surface area contributed by atoms with Crippen molar-refractivity contribution in [1.29, 1.82) is 0 Å². The SMILES string of the molecule is O=C(O)c1cc(S(=O)(=O)C2CCCCCC2)cc(F)c1Cl. The molecule has 0 aliphatic heterocycles. The van der Waals surface area contributed by atoms with Crippen LogP contribution in [0.25, 0.3) is 0 Å². The van der Waals surface area contributed by atoms with E-state index >= 15 is 0 Å². The minimum atomic E-state index is -3.74. The maximum atomic E-state index is 13.7. The van der Waals surface area contributed by atoms with Crippen molar-refractivity contribution in [3.63, 3.8) is 0 Å². The van der Waals surface area contributed by atoms with Gasteiger partial charge in [0.25, 0.3) is 0 Å². The number of halogens is 2. The van der Waals surface area contributed by atoms with Gasteiger partial charge >= 0.3 is 5.97 Å². The van der Waals surface area contributed by atoms with Gasteiger partial charge in [-0.1, -0.05) is 37.3 Å². The molecule has 7 heteroatoms. The van der Waals surface area contributed by atoms with E-state index in [4.69, 9.17) is 16.7 Å². The lowest BCUT2D eigenvalue weighted by Crippen LogP contribution is -2.21. The standard InChI is InChI=1S/C14H16ClFO4S/c15-13-11(14(17)18)7-10(8-12(13)16)21(19,20)9-5-3-1-2-4-6-9/h7-9H,1-6H2,(H,17,18). The van der Waals surface area contributed by atoms with Crippen molar-refractivity contribution in [2.75, 3.05) is 0 Å². The molecule has 116 valence electrons. The molecule has 1 aliphatic carbocycles. The highest BCUT2D eigenvalue weighted by atomic mass is 35.5. The summed E-state index contributed by atoms with van der Waals surface area (Å²) in [5.74, 6) is -2.47. The van der Waals surface area contributed by atoms with Crippen LogP contribution in [0.3, 0.4) is 0 Å². The van der Waals surface area contributed by atoms with E-state index in [1.54, 1.807) is 0 Å². The van der Waals surface area contributed by atoms with Gasteiger partial charge in [-0.3, -0.25) is 0 Å². The second kappa shape index (κ2) is 6.32. The van der Waals surface area contributed by atoms with Gasteiger partial charge in [-0.25, -0.2) is 17.6 Å². The van der Waals surface area contributed by atoms with Crippen LogP contribution in [0.2, 0.25) is 5.02 Å². The fourth-order valence-corrected chi connectivity index (χ4v) is 4.71. The molecule has 0 bridgehead atoms. The fourth-order valence-electron chi connectivity index (χ4n) is 2.63.